The van der Waals surface area contributed by atoms with E-state index in [0.717, 1.165) is 50.3 Å². The number of aryl methyl sites for hydroxylation is 1. The van der Waals surface area contributed by atoms with Gasteiger partial charge in [0.15, 0.2) is 0 Å². The number of nitrogens with zero attached hydrogens (tertiary/aromatic N) is 2. The van der Waals surface area contributed by atoms with Gasteiger partial charge in [-0.3, -0.25) is 19.4 Å². The van der Waals surface area contributed by atoms with Crippen LogP contribution in [0, 0.1) is 0 Å². The molecule has 1 aliphatic rings. The van der Waals surface area contributed by atoms with Gasteiger partial charge in [-0.2, -0.15) is 0 Å². The molecule has 6 nitrogen and oxygen atoms in total. The number of nitrogens with one attached hydrogen (secondary N) is 2. The number of hydrogen-bond donors (Lipinski definition) is 2. The summed E-state index contributed by atoms with van der Waals surface area (Å²) in [6.45, 7) is 12.3. The van der Waals surface area contributed by atoms with Crippen LogP contribution in [0.3, 0.4) is 0 Å². The first kappa shape index (κ1) is 21.4. The summed E-state index contributed by atoms with van der Waals surface area (Å²) in [6.07, 6.45) is 1.80. The number of carbonyl (C=O) groups excluding carboxylic acids is 2. The molecule has 1 aromatic rings. The highest BCUT2D eigenvalue weighted by Gasteiger charge is 2.23. The van der Waals surface area contributed by atoms with Crippen molar-refractivity contribution >= 4 is 17.5 Å². The zero-order valence-electron chi connectivity index (χ0n) is 17.2. The van der Waals surface area contributed by atoms with Crippen LogP contribution in [0.15, 0.2) is 24.3 Å². The zero-order chi connectivity index (χ0) is 19.9. The molecule has 2 N–H and O–H groups in total. The molecule has 27 heavy (non-hydrogen) atoms. The molecule has 0 unspecified atom stereocenters. The van der Waals surface area contributed by atoms with Crippen molar-refractivity contribution in [3.8, 4) is 0 Å². The third-order valence-electron chi connectivity index (χ3n) is 5.23. The van der Waals surface area contributed by atoms with E-state index in [1.807, 2.05) is 38.1 Å². The highest BCUT2D eigenvalue weighted by Crippen LogP contribution is 2.15. The molecule has 0 spiro atoms. The van der Waals surface area contributed by atoms with Gasteiger partial charge in [0.1, 0.15) is 0 Å². The van der Waals surface area contributed by atoms with Crippen molar-refractivity contribution in [3.05, 3.63) is 29.8 Å². The van der Waals surface area contributed by atoms with Crippen molar-refractivity contribution < 1.29 is 9.59 Å². The Balaban J connectivity index is 1.74. The molecule has 0 radical (unpaired) electrons. The first-order valence-corrected chi connectivity index (χ1v) is 9.96. The van der Waals surface area contributed by atoms with E-state index in [2.05, 4.69) is 34.3 Å². The van der Waals surface area contributed by atoms with Crippen LogP contribution in [0.5, 0.6) is 0 Å². The topological polar surface area (TPSA) is 64.7 Å². The largest absolute Gasteiger partial charge is 0.350 e. The molecule has 0 aliphatic carbocycles. The van der Waals surface area contributed by atoms with Gasteiger partial charge in [-0.25, -0.2) is 0 Å². The second-order valence-corrected chi connectivity index (χ2v) is 7.90. The molecular formula is C21H34N4O2. The average molecular weight is 375 g/mol. The molecule has 1 aromatic carbocycles. The van der Waals surface area contributed by atoms with Gasteiger partial charge < -0.3 is 10.6 Å². The fourth-order valence-corrected chi connectivity index (χ4v) is 3.16. The lowest BCUT2D eigenvalue weighted by Gasteiger charge is -2.34. The average Bonchev–Trinajstić information content (AvgIpc) is 2.63. The fraction of sp³-hybridized carbons (Fsp3) is 0.619. The lowest BCUT2D eigenvalue weighted by molar-refractivity contribution is -0.125. The molecule has 150 valence electrons. The van der Waals surface area contributed by atoms with Gasteiger partial charge in [0, 0.05) is 37.4 Å². The molecule has 2 amide bonds. The quantitative estimate of drug-likeness (QED) is 0.731. The van der Waals surface area contributed by atoms with E-state index in [1.54, 1.807) is 0 Å². The van der Waals surface area contributed by atoms with Gasteiger partial charge >= 0.3 is 0 Å². The maximum absolute atomic E-state index is 12.4. The lowest BCUT2D eigenvalue weighted by Crippen LogP contribution is -2.53. The van der Waals surface area contributed by atoms with E-state index in [4.69, 9.17) is 0 Å². The molecule has 0 bridgehead atoms. The summed E-state index contributed by atoms with van der Waals surface area (Å²) in [5.74, 6) is 0.0935. The minimum absolute atomic E-state index is 0.0202. The Morgan fingerprint density at radius 2 is 1.52 bits per heavy atom. The number of benzene rings is 1. The van der Waals surface area contributed by atoms with Crippen molar-refractivity contribution in [2.75, 3.05) is 44.6 Å². The van der Waals surface area contributed by atoms with Crippen molar-refractivity contribution in [1.29, 1.82) is 0 Å². The summed E-state index contributed by atoms with van der Waals surface area (Å²) < 4.78 is 0. The Hall–Kier alpha value is -1.92. The summed E-state index contributed by atoms with van der Waals surface area (Å²) in [6, 6.07) is 7.92. The van der Waals surface area contributed by atoms with Crippen molar-refractivity contribution in [2.24, 2.45) is 0 Å². The van der Waals surface area contributed by atoms with E-state index in [9.17, 15) is 9.59 Å². The predicted octanol–water partition coefficient (Wildman–Crippen LogP) is 2.11. The highest BCUT2D eigenvalue weighted by molar-refractivity contribution is 5.93. The molecule has 2 rings (SSSR count). The molecule has 1 aliphatic heterocycles. The van der Waals surface area contributed by atoms with E-state index >= 15 is 0 Å². The highest BCUT2D eigenvalue weighted by atomic mass is 16.2. The van der Waals surface area contributed by atoms with E-state index in [0.29, 0.717) is 13.1 Å². The molecule has 0 atom stereocenters. The number of piperazine rings is 1. The molecule has 1 fully saturated rings. The summed E-state index contributed by atoms with van der Waals surface area (Å²) in [5.41, 5.74) is 1.89. The van der Waals surface area contributed by atoms with Crippen LogP contribution in [0.2, 0.25) is 0 Å². The second-order valence-electron chi connectivity index (χ2n) is 7.90. The third kappa shape index (κ3) is 6.96. The second kappa shape index (κ2) is 9.85. The normalized spacial score (nSPS) is 16.1. The van der Waals surface area contributed by atoms with E-state index in [1.165, 1.54) is 0 Å². The maximum atomic E-state index is 12.4. The van der Waals surface area contributed by atoms with Crippen LogP contribution in [0.4, 0.5) is 5.69 Å². The van der Waals surface area contributed by atoms with Crippen molar-refractivity contribution in [3.63, 3.8) is 0 Å². The summed E-state index contributed by atoms with van der Waals surface area (Å²) in [5, 5.41) is 6.10. The van der Waals surface area contributed by atoms with Crippen LogP contribution in [0.25, 0.3) is 0 Å². The first-order valence-electron chi connectivity index (χ1n) is 9.96. The Kier molecular flexibility index (Phi) is 7.80. The van der Waals surface area contributed by atoms with Crippen LogP contribution in [-0.2, 0) is 16.0 Å². The zero-order valence-corrected chi connectivity index (χ0v) is 17.2. The van der Waals surface area contributed by atoms with Gasteiger partial charge in [-0.15, -0.1) is 0 Å². The standard InChI is InChI=1S/C21H34N4O2/c1-5-17-9-7-8-10-18(17)22-19(26)15-24-11-13-25(14-12-24)16-20(27)23-21(3,4)6-2/h7-10H,5-6,11-16H2,1-4H3,(H,22,26)(H,23,27). The van der Waals surface area contributed by atoms with Crippen molar-refractivity contribution in [1.82, 2.24) is 15.1 Å². The Morgan fingerprint density at radius 1 is 0.963 bits per heavy atom. The molecule has 1 heterocycles. The summed E-state index contributed by atoms with van der Waals surface area (Å²) in [7, 11) is 0. The minimum Gasteiger partial charge on any atom is -0.350 e. The smallest absolute Gasteiger partial charge is 0.238 e. The number of anilines is 1. The molecular weight excluding hydrogens is 340 g/mol. The third-order valence-corrected chi connectivity index (χ3v) is 5.23. The van der Waals surface area contributed by atoms with Crippen LogP contribution in [0.1, 0.15) is 39.7 Å². The molecule has 1 saturated heterocycles. The van der Waals surface area contributed by atoms with E-state index in [-0.39, 0.29) is 17.4 Å². The molecule has 0 saturated carbocycles. The van der Waals surface area contributed by atoms with Crippen LogP contribution >= 0.6 is 0 Å². The maximum Gasteiger partial charge on any atom is 0.238 e. The lowest BCUT2D eigenvalue weighted by atomic mass is 10.0. The van der Waals surface area contributed by atoms with E-state index < -0.39 is 0 Å². The minimum atomic E-state index is -0.161. The van der Waals surface area contributed by atoms with Gasteiger partial charge in [0.25, 0.3) is 0 Å². The van der Waals surface area contributed by atoms with Gasteiger partial charge in [0.05, 0.1) is 13.1 Å². The number of rotatable bonds is 8. The monoisotopic (exact) mass is 374 g/mol. The van der Waals surface area contributed by atoms with Crippen LogP contribution in [-0.4, -0.2) is 66.4 Å². The van der Waals surface area contributed by atoms with Gasteiger partial charge in [-0.1, -0.05) is 32.0 Å². The number of hydrogen-bond acceptors (Lipinski definition) is 4. The Morgan fingerprint density at radius 3 is 2.07 bits per heavy atom. The number of para-hydroxylation sites is 1. The SMILES string of the molecule is CCc1ccccc1NC(=O)CN1CCN(CC(=O)NC(C)(C)CC)CC1. The Bertz CT molecular complexity index is 637. The summed E-state index contributed by atoms with van der Waals surface area (Å²) in [4.78, 5) is 28.8. The Labute approximate surface area is 163 Å². The number of carbonyl (C=O) groups is 2. The number of amides is 2. The predicted molar refractivity (Wildman–Crippen MR) is 110 cm³/mol. The van der Waals surface area contributed by atoms with Gasteiger partial charge in [0.2, 0.25) is 11.8 Å². The molecule has 6 heteroatoms. The summed E-state index contributed by atoms with van der Waals surface area (Å²) >= 11 is 0. The van der Waals surface area contributed by atoms with Gasteiger partial charge in [-0.05, 0) is 38.3 Å². The fourth-order valence-electron chi connectivity index (χ4n) is 3.16. The van der Waals surface area contributed by atoms with Crippen LogP contribution < -0.4 is 10.6 Å². The van der Waals surface area contributed by atoms with Crippen molar-refractivity contribution in [2.45, 2.75) is 46.1 Å². The first-order chi connectivity index (χ1) is 12.8. The molecule has 0 aromatic heterocycles.